The number of carbonyl (C=O) groups excluding carboxylic acids is 1. The van der Waals surface area contributed by atoms with Gasteiger partial charge in [-0.05, 0) is 57.2 Å². The molecule has 0 saturated heterocycles. The summed E-state index contributed by atoms with van der Waals surface area (Å²) >= 11 is 0. The van der Waals surface area contributed by atoms with Gasteiger partial charge in [0.2, 0.25) is 0 Å². The zero-order valence-electron chi connectivity index (χ0n) is 16.9. The molecule has 7 nitrogen and oxygen atoms in total. The lowest BCUT2D eigenvalue weighted by Crippen LogP contribution is -2.17. The zero-order valence-corrected chi connectivity index (χ0v) is 16.9. The lowest BCUT2D eigenvalue weighted by molar-refractivity contribution is 0.102. The van der Waals surface area contributed by atoms with Gasteiger partial charge in [-0.3, -0.25) is 4.79 Å². The Balaban J connectivity index is 1.79. The van der Waals surface area contributed by atoms with Crippen LogP contribution in [0.4, 0.5) is 17.2 Å². The van der Waals surface area contributed by atoms with Crippen molar-refractivity contribution in [2.24, 2.45) is 0 Å². The third-order valence-electron chi connectivity index (χ3n) is 3.93. The Morgan fingerprint density at radius 2 is 1.76 bits per heavy atom. The topological polar surface area (TPSA) is 85.4 Å². The van der Waals surface area contributed by atoms with Gasteiger partial charge < -0.3 is 20.1 Å². The lowest BCUT2D eigenvalue weighted by atomic mass is 10.2. The molecule has 0 atom stereocenters. The molecule has 7 heteroatoms. The molecule has 0 aliphatic rings. The second-order valence-electron chi connectivity index (χ2n) is 6.66. The van der Waals surface area contributed by atoms with Gasteiger partial charge in [-0.25, -0.2) is 9.97 Å². The predicted molar refractivity (Wildman–Crippen MR) is 113 cm³/mol. The number of methoxy groups -OCH3 is 1. The first-order valence-corrected chi connectivity index (χ1v) is 9.28. The number of aromatic nitrogens is 2. The maximum atomic E-state index is 12.8. The van der Waals surface area contributed by atoms with Crippen molar-refractivity contribution in [2.75, 3.05) is 17.7 Å². The number of benzene rings is 2. The number of para-hydroxylation sites is 2. The highest BCUT2D eigenvalue weighted by Crippen LogP contribution is 2.26. The van der Waals surface area contributed by atoms with E-state index < -0.39 is 0 Å². The average Bonchev–Trinajstić information content (AvgIpc) is 2.69. The van der Waals surface area contributed by atoms with Crippen molar-refractivity contribution in [3.63, 3.8) is 0 Å². The van der Waals surface area contributed by atoms with Crippen molar-refractivity contribution in [3.8, 4) is 11.5 Å². The number of nitrogens with one attached hydrogen (secondary N) is 2. The van der Waals surface area contributed by atoms with Crippen LogP contribution in [-0.2, 0) is 0 Å². The summed E-state index contributed by atoms with van der Waals surface area (Å²) in [4.78, 5) is 21.4. The van der Waals surface area contributed by atoms with Gasteiger partial charge in [-0.1, -0.05) is 12.1 Å². The van der Waals surface area contributed by atoms with Gasteiger partial charge in [0.05, 0.1) is 18.9 Å². The van der Waals surface area contributed by atoms with Crippen LogP contribution in [0.3, 0.4) is 0 Å². The SMILES string of the molecule is COc1ccc(Nc2cc(C(=O)Nc3ccccc3OC(C)C)nc(C)n2)cc1. The number of carbonyl (C=O) groups is 1. The molecule has 0 saturated carbocycles. The Bertz CT molecular complexity index is 988. The molecular formula is C22H24N4O3. The molecule has 0 aliphatic carbocycles. The molecule has 3 rings (SSSR count). The molecule has 3 aromatic rings. The highest BCUT2D eigenvalue weighted by molar-refractivity contribution is 6.04. The molecule has 0 fully saturated rings. The van der Waals surface area contributed by atoms with E-state index >= 15 is 0 Å². The molecule has 0 aliphatic heterocycles. The van der Waals surface area contributed by atoms with Crippen LogP contribution in [0.15, 0.2) is 54.6 Å². The molecule has 0 radical (unpaired) electrons. The van der Waals surface area contributed by atoms with Crippen molar-refractivity contribution in [1.82, 2.24) is 9.97 Å². The van der Waals surface area contributed by atoms with E-state index in [0.29, 0.717) is 23.1 Å². The number of anilines is 3. The number of amides is 1. The quantitative estimate of drug-likeness (QED) is 0.612. The summed E-state index contributed by atoms with van der Waals surface area (Å²) < 4.78 is 10.9. The van der Waals surface area contributed by atoms with Crippen molar-refractivity contribution in [3.05, 3.63) is 66.1 Å². The van der Waals surface area contributed by atoms with Gasteiger partial charge in [0.1, 0.15) is 28.8 Å². The number of nitrogens with zero attached hydrogens (tertiary/aromatic N) is 2. The lowest BCUT2D eigenvalue weighted by Gasteiger charge is -2.15. The van der Waals surface area contributed by atoms with Crippen LogP contribution in [0, 0.1) is 6.92 Å². The molecule has 0 bridgehead atoms. The summed E-state index contributed by atoms with van der Waals surface area (Å²) in [5, 5.41) is 6.05. The minimum atomic E-state index is -0.340. The fourth-order valence-electron chi connectivity index (χ4n) is 2.68. The summed E-state index contributed by atoms with van der Waals surface area (Å²) in [6.07, 6.45) is -0.00496. The van der Waals surface area contributed by atoms with Gasteiger partial charge in [0, 0.05) is 11.8 Å². The molecule has 2 aromatic carbocycles. The first-order valence-electron chi connectivity index (χ1n) is 9.28. The highest BCUT2D eigenvalue weighted by atomic mass is 16.5. The fraction of sp³-hybridized carbons (Fsp3) is 0.227. The van der Waals surface area contributed by atoms with Gasteiger partial charge in [-0.15, -0.1) is 0 Å². The normalized spacial score (nSPS) is 10.5. The minimum absolute atomic E-state index is 0.00496. The van der Waals surface area contributed by atoms with E-state index in [1.807, 2.05) is 56.3 Å². The van der Waals surface area contributed by atoms with Crippen molar-refractivity contribution >= 4 is 23.1 Å². The van der Waals surface area contributed by atoms with E-state index in [4.69, 9.17) is 9.47 Å². The smallest absolute Gasteiger partial charge is 0.274 e. The van der Waals surface area contributed by atoms with Crippen LogP contribution in [0.1, 0.15) is 30.2 Å². The summed E-state index contributed by atoms with van der Waals surface area (Å²) in [6.45, 7) is 5.61. The summed E-state index contributed by atoms with van der Waals surface area (Å²) in [5.41, 5.74) is 1.67. The van der Waals surface area contributed by atoms with E-state index in [1.54, 1.807) is 26.2 Å². The average molecular weight is 392 g/mol. The number of ether oxygens (including phenoxy) is 2. The molecule has 150 valence electrons. The van der Waals surface area contributed by atoms with Crippen LogP contribution in [0.5, 0.6) is 11.5 Å². The zero-order chi connectivity index (χ0) is 20.8. The molecule has 2 N–H and O–H groups in total. The highest BCUT2D eigenvalue weighted by Gasteiger charge is 2.14. The monoisotopic (exact) mass is 392 g/mol. The van der Waals surface area contributed by atoms with Crippen molar-refractivity contribution < 1.29 is 14.3 Å². The van der Waals surface area contributed by atoms with Gasteiger partial charge >= 0.3 is 0 Å². The number of hydrogen-bond acceptors (Lipinski definition) is 6. The maximum Gasteiger partial charge on any atom is 0.274 e. The van der Waals surface area contributed by atoms with Crippen LogP contribution in [0.25, 0.3) is 0 Å². The number of hydrogen-bond donors (Lipinski definition) is 2. The van der Waals surface area contributed by atoms with Crippen LogP contribution in [0.2, 0.25) is 0 Å². The Hall–Kier alpha value is -3.61. The first kappa shape index (κ1) is 20.1. The summed E-state index contributed by atoms with van der Waals surface area (Å²) in [6, 6.07) is 16.3. The van der Waals surface area contributed by atoms with E-state index in [9.17, 15) is 4.79 Å². The first-order chi connectivity index (χ1) is 13.9. The minimum Gasteiger partial charge on any atom is -0.497 e. The fourth-order valence-corrected chi connectivity index (χ4v) is 2.68. The predicted octanol–water partition coefficient (Wildman–Crippen LogP) is 4.58. The Labute approximate surface area is 170 Å². The van der Waals surface area contributed by atoms with Crippen molar-refractivity contribution in [1.29, 1.82) is 0 Å². The van der Waals surface area contributed by atoms with E-state index in [-0.39, 0.29) is 17.7 Å². The second kappa shape index (κ2) is 9.05. The van der Waals surface area contributed by atoms with E-state index in [1.165, 1.54) is 0 Å². The third kappa shape index (κ3) is 5.44. The second-order valence-corrected chi connectivity index (χ2v) is 6.66. The molecule has 29 heavy (non-hydrogen) atoms. The van der Waals surface area contributed by atoms with Crippen LogP contribution < -0.4 is 20.1 Å². The van der Waals surface area contributed by atoms with E-state index in [0.717, 1.165) is 11.4 Å². The van der Waals surface area contributed by atoms with Crippen molar-refractivity contribution in [2.45, 2.75) is 26.9 Å². The maximum absolute atomic E-state index is 12.8. The largest absolute Gasteiger partial charge is 0.497 e. The van der Waals surface area contributed by atoms with E-state index in [2.05, 4.69) is 20.6 Å². The molecular weight excluding hydrogens is 368 g/mol. The van der Waals surface area contributed by atoms with Crippen LogP contribution in [-0.4, -0.2) is 29.1 Å². The molecule has 0 spiro atoms. The third-order valence-corrected chi connectivity index (χ3v) is 3.93. The number of aryl methyl sites for hydroxylation is 1. The standard InChI is InChI=1S/C22H24N4O3/c1-14(2)29-20-8-6-5-7-18(20)26-22(27)19-13-21(24-15(3)23-19)25-16-9-11-17(28-4)12-10-16/h5-14H,1-4H3,(H,26,27)(H,23,24,25). The molecule has 1 aromatic heterocycles. The summed E-state index contributed by atoms with van der Waals surface area (Å²) in [5.74, 6) is 2.04. The summed E-state index contributed by atoms with van der Waals surface area (Å²) in [7, 11) is 1.62. The Morgan fingerprint density at radius 3 is 2.45 bits per heavy atom. The molecule has 1 heterocycles. The number of rotatable bonds is 7. The Morgan fingerprint density at radius 1 is 1.03 bits per heavy atom. The van der Waals surface area contributed by atoms with Gasteiger partial charge in [-0.2, -0.15) is 0 Å². The van der Waals surface area contributed by atoms with Gasteiger partial charge in [0.15, 0.2) is 0 Å². The van der Waals surface area contributed by atoms with Crippen LogP contribution >= 0.6 is 0 Å². The van der Waals surface area contributed by atoms with Gasteiger partial charge in [0.25, 0.3) is 5.91 Å². The Kier molecular flexibility index (Phi) is 6.29. The molecule has 1 amide bonds. The molecule has 0 unspecified atom stereocenters.